The summed E-state index contributed by atoms with van der Waals surface area (Å²) >= 11 is 1.09. The molecule has 1 heterocycles. The Morgan fingerprint density at radius 3 is 2.55 bits per heavy atom. The average Bonchev–Trinajstić information content (AvgIpc) is 2.93. The normalized spacial score (nSPS) is 13.6. The molecule has 0 aliphatic rings. The summed E-state index contributed by atoms with van der Waals surface area (Å²) in [5.74, 6) is -0.171. The first-order chi connectivity index (χ1) is 10.5. The maximum Gasteiger partial charge on any atom is 0.304 e. The number of carbonyl (C=O) groups is 1. The molecule has 6 nitrogen and oxygen atoms in total. The van der Waals surface area contributed by atoms with Gasteiger partial charge in [0, 0.05) is 18.8 Å². The molecule has 0 bridgehead atoms. The van der Waals surface area contributed by atoms with E-state index in [1.54, 1.807) is 29.6 Å². The molecule has 2 atom stereocenters. The third-order valence-electron chi connectivity index (χ3n) is 3.26. The van der Waals surface area contributed by atoms with Crippen molar-refractivity contribution in [2.24, 2.45) is 0 Å². The summed E-state index contributed by atoms with van der Waals surface area (Å²) in [7, 11) is 0. The van der Waals surface area contributed by atoms with Gasteiger partial charge in [0.2, 0.25) is 5.91 Å². The minimum absolute atomic E-state index is 0.118. The summed E-state index contributed by atoms with van der Waals surface area (Å²) in [4.78, 5) is 24.5. The highest BCUT2D eigenvalue weighted by molar-refractivity contribution is 7.07. The quantitative estimate of drug-likeness (QED) is 0.638. The van der Waals surface area contributed by atoms with Crippen molar-refractivity contribution >= 4 is 17.2 Å². The Hall–Kier alpha value is -1.96. The third-order valence-corrected chi connectivity index (χ3v) is 3.93. The predicted octanol–water partition coefficient (Wildman–Crippen LogP) is 1.02. The van der Waals surface area contributed by atoms with E-state index >= 15 is 0 Å². The molecule has 4 N–H and O–H groups in total. The number of aromatic nitrogens is 1. The number of benzene rings is 1. The summed E-state index contributed by atoms with van der Waals surface area (Å²) in [6, 6.07) is 6.96. The van der Waals surface area contributed by atoms with E-state index in [0.717, 1.165) is 22.6 Å². The molecule has 1 aromatic carbocycles. The van der Waals surface area contributed by atoms with Crippen LogP contribution < -0.4 is 10.2 Å². The molecule has 1 amide bonds. The van der Waals surface area contributed by atoms with Crippen molar-refractivity contribution in [3.8, 4) is 11.3 Å². The Morgan fingerprint density at radius 2 is 2.00 bits per heavy atom. The standard InChI is InChI=1S/C15H18N2O4S/c1-9(18)16-7-6-13(19)14(20)11-4-2-10(3-5-11)12-8-22-15(21)17-12/h2-5,8,13-14,19-20H,6-7H2,1H3,(H,16,18)(H,17,21). The van der Waals surface area contributed by atoms with Crippen molar-refractivity contribution in [3.05, 3.63) is 44.9 Å². The van der Waals surface area contributed by atoms with Crippen LogP contribution in [-0.4, -0.2) is 33.8 Å². The van der Waals surface area contributed by atoms with E-state index in [1.165, 1.54) is 6.92 Å². The van der Waals surface area contributed by atoms with Gasteiger partial charge in [0.1, 0.15) is 6.10 Å². The van der Waals surface area contributed by atoms with Crippen LogP contribution in [0.4, 0.5) is 0 Å². The molecule has 0 saturated carbocycles. The Morgan fingerprint density at radius 1 is 1.32 bits per heavy atom. The summed E-state index contributed by atoms with van der Waals surface area (Å²) in [5.41, 5.74) is 2.14. The highest BCUT2D eigenvalue weighted by Crippen LogP contribution is 2.23. The summed E-state index contributed by atoms with van der Waals surface area (Å²) in [6.45, 7) is 1.71. The fourth-order valence-corrected chi connectivity index (χ4v) is 2.65. The van der Waals surface area contributed by atoms with Crippen LogP contribution in [0.25, 0.3) is 11.3 Å². The fraction of sp³-hybridized carbons (Fsp3) is 0.333. The lowest BCUT2D eigenvalue weighted by atomic mass is 10.0. The largest absolute Gasteiger partial charge is 0.390 e. The van der Waals surface area contributed by atoms with Gasteiger partial charge in [-0.05, 0) is 17.5 Å². The second kappa shape index (κ2) is 7.35. The highest BCUT2D eigenvalue weighted by atomic mass is 32.1. The van der Waals surface area contributed by atoms with Gasteiger partial charge in [-0.2, -0.15) is 0 Å². The zero-order valence-corrected chi connectivity index (χ0v) is 12.9. The fourth-order valence-electron chi connectivity index (χ4n) is 2.06. The number of aliphatic hydroxyl groups excluding tert-OH is 2. The van der Waals surface area contributed by atoms with Gasteiger partial charge < -0.3 is 20.5 Å². The van der Waals surface area contributed by atoms with Crippen LogP contribution in [0.3, 0.4) is 0 Å². The van der Waals surface area contributed by atoms with Crippen LogP contribution >= 0.6 is 11.3 Å². The van der Waals surface area contributed by atoms with Crippen molar-refractivity contribution in [2.45, 2.75) is 25.6 Å². The van der Waals surface area contributed by atoms with Crippen LogP contribution in [0.2, 0.25) is 0 Å². The first-order valence-corrected chi connectivity index (χ1v) is 7.74. The molecule has 0 fully saturated rings. The summed E-state index contributed by atoms with van der Waals surface area (Å²) in [5, 5.41) is 24.3. The number of carbonyl (C=O) groups excluding carboxylic acids is 1. The van der Waals surface area contributed by atoms with Crippen LogP contribution in [-0.2, 0) is 4.79 Å². The molecular weight excluding hydrogens is 304 g/mol. The smallest absolute Gasteiger partial charge is 0.304 e. The molecule has 0 spiro atoms. The lowest BCUT2D eigenvalue weighted by Gasteiger charge is -2.18. The van der Waals surface area contributed by atoms with E-state index in [9.17, 15) is 19.8 Å². The minimum Gasteiger partial charge on any atom is -0.390 e. The molecular formula is C15H18N2O4S. The third kappa shape index (κ3) is 4.27. The molecule has 2 aromatic rings. The maximum atomic E-state index is 11.1. The zero-order chi connectivity index (χ0) is 16.1. The van der Waals surface area contributed by atoms with Gasteiger partial charge in [0.15, 0.2) is 0 Å². The molecule has 7 heteroatoms. The van der Waals surface area contributed by atoms with Crippen molar-refractivity contribution < 1.29 is 15.0 Å². The number of H-pyrrole nitrogens is 1. The minimum atomic E-state index is -1.02. The van der Waals surface area contributed by atoms with E-state index in [1.807, 2.05) is 0 Å². The van der Waals surface area contributed by atoms with Gasteiger partial charge in [0.25, 0.3) is 0 Å². The van der Waals surface area contributed by atoms with E-state index in [-0.39, 0.29) is 17.2 Å². The molecule has 2 rings (SSSR count). The zero-order valence-electron chi connectivity index (χ0n) is 12.1. The van der Waals surface area contributed by atoms with E-state index in [0.29, 0.717) is 12.1 Å². The number of rotatable bonds is 6. The average molecular weight is 322 g/mol. The van der Waals surface area contributed by atoms with E-state index in [4.69, 9.17) is 0 Å². The number of aliphatic hydroxyl groups is 2. The van der Waals surface area contributed by atoms with E-state index < -0.39 is 12.2 Å². The summed E-state index contributed by atoms with van der Waals surface area (Å²) in [6.07, 6.45) is -1.72. The Kier molecular flexibility index (Phi) is 5.48. The highest BCUT2D eigenvalue weighted by Gasteiger charge is 2.18. The molecule has 0 aliphatic carbocycles. The number of nitrogens with one attached hydrogen (secondary N) is 2. The van der Waals surface area contributed by atoms with Crippen molar-refractivity contribution in [1.29, 1.82) is 0 Å². The van der Waals surface area contributed by atoms with Crippen molar-refractivity contribution in [3.63, 3.8) is 0 Å². The number of thiazole rings is 1. The van der Waals surface area contributed by atoms with Gasteiger partial charge in [0.05, 0.1) is 11.8 Å². The maximum absolute atomic E-state index is 11.1. The molecule has 0 radical (unpaired) electrons. The Labute approximate surface area is 131 Å². The Balaban J connectivity index is 2.00. The number of amides is 1. The monoisotopic (exact) mass is 322 g/mol. The van der Waals surface area contributed by atoms with Gasteiger partial charge in [-0.3, -0.25) is 9.59 Å². The van der Waals surface area contributed by atoms with Crippen molar-refractivity contribution in [1.82, 2.24) is 10.3 Å². The van der Waals surface area contributed by atoms with Gasteiger partial charge >= 0.3 is 4.87 Å². The second-order valence-corrected chi connectivity index (χ2v) is 5.81. The lowest BCUT2D eigenvalue weighted by molar-refractivity contribution is -0.119. The van der Waals surface area contributed by atoms with Gasteiger partial charge in [-0.25, -0.2) is 0 Å². The SMILES string of the molecule is CC(=O)NCCC(O)C(O)c1ccc(-c2csc(=O)[nH]2)cc1. The predicted molar refractivity (Wildman–Crippen MR) is 84.6 cm³/mol. The van der Waals surface area contributed by atoms with Gasteiger partial charge in [-0.15, -0.1) is 0 Å². The molecule has 22 heavy (non-hydrogen) atoms. The molecule has 0 aliphatic heterocycles. The first-order valence-electron chi connectivity index (χ1n) is 6.86. The molecule has 118 valence electrons. The molecule has 1 aromatic heterocycles. The van der Waals surface area contributed by atoms with Crippen LogP contribution in [0, 0.1) is 0 Å². The number of aromatic amines is 1. The van der Waals surface area contributed by atoms with Crippen LogP contribution in [0.5, 0.6) is 0 Å². The molecule has 0 saturated heterocycles. The van der Waals surface area contributed by atoms with E-state index in [2.05, 4.69) is 10.3 Å². The van der Waals surface area contributed by atoms with Crippen molar-refractivity contribution in [2.75, 3.05) is 6.54 Å². The summed E-state index contributed by atoms with van der Waals surface area (Å²) < 4.78 is 0. The van der Waals surface area contributed by atoms with Crippen LogP contribution in [0.15, 0.2) is 34.4 Å². The second-order valence-electron chi connectivity index (χ2n) is 4.97. The topological polar surface area (TPSA) is 102 Å². The van der Waals surface area contributed by atoms with Gasteiger partial charge in [-0.1, -0.05) is 35.6 Å². The number of hydrogen-bond acceptors (Lipinski definition) is 5. The number of hydrogen-bond donors (Lipinski definition) is 4. The molecule has 2 unspecified atom stereocenters. The lowest BCUT2D eigenvalue weighted by Crippen LogP contribution is -2.27. The Bertz CT molecular complexity index is 677. The first kappa shape index (κ1) is 16.4. The van der Waals surface area contributed by atoms with Crippen LogP contribution in [0.1, 0.15) is 25.0 Å².